The van der Waals surface area contributed by atoms with Gasteiger partial charge in [0.2, 0.25) is 0 Å². The van der Waals surface area contributed by atoms with Gasteiger partial charge < -0.3 is 4.90 Å². The second kappa shape index (κ2) is 7.11. The summed E-state index contributed by atoms with van der Waals surface area (Å²) in [6, 6.07) is 4.16. The molecular weight excluding hydrogens is 258 g/mol. The Bertz CT molecular complexity index is 375. The van der Waals surface area contributed by atoms with E-state index in [4.69, 9.17) is 4.85 Å². The third-order valence-electron chi connectivity index (χ3n) is 5.34. The van der Waals surface area contributed by atoms with E-state index < -0.39 is 0 Å². The molecule has 0 atom stereocenters. The number of piperidine rings is 2. The van der Waals surface area contributed by atoms with Crippen molar-refractivity contribution in [3.8, 4) is 6.07 Å². The highest BCUT2D eigenvalue weighted by Gasteiger charge is 2.38. The van der Waals surface area contributed by atoms with Gasteiger partial charge in [0.25, 0.3) is 6.07 Å². The molecule has 0 saturated carbocycles. The summed E-state index contributed by atoms with van der Waals surface area (Å²) in [5.74, 6) is 1.44. The largest absolute Gasteiger partial charge is 0.331 e. The summed E-state index contributed by atoms with van der Waals surface area (Å²) in [5.41, 5.74) is -0.0741. The van der Waals surface area contributed by atoms with Crippen LogP contribution in [0.3, 0.4) is 0 Å². The Balaban J connectivity index is 1.86. The van der Waals surface area contributed by atoms with Crippen LogP contribution in [0.4, 0.5) is 0 Å². The summed E-state index contributed by atoms with van der Waals surface area (Å²) >= 11 is 0. The van der Waals surface area contributed by atoms with Crippen LogP contribution in [-0.2, 0) is 0 Å². The number of hydrogen-bond donors (Lipinski definition) is 0. The third kappa shape index (κ3) is 4.69. The lowest BCUT2D eigenvalue weighted by Crippen LogP contribution is -2.46. The normalized spacial score (nSPS) is 24.1. The van der Waals surface area contributed by atoms with Crippen LogP contribution in [0, 0.1) is 17.9 Å². The molecule has 0 unspecified atom stereocenters. The van der Waals surface area contributed by atoms with Crippen molar-refractivity contribution in [3.63, 3.8) is 0 Å². The van der Waals surface area contributed by atoms with Crippen LogP contribution >= 0.6 is 0 Å². The molecule has 120 valence electrons. The second-order valence-corrected chi connectivity index (χ2v) is 7.81. The Morgan fingerprint density at radius 2 is 1.57 bits per heavy atom. The minimum atomic E-state index is -0.0741. The maximum Gasteiger partial charge on any atom is 0.331 e. The second-order valence-electron chi connectivity index (χ2n) is 7.81. The zero-order chi connectivity index (χ0) is 15.5. The van der Waals surface area contributed by atoms with E-state index in [1.165, 1.54) is 51.9 Å². The monoisotopic (exact) mass is 292 g/mol. The molecule has 2 heterocycles. The summed E-state index contributed by atoms with van der Waals surface area (Å²) in [6.07, 6.45) is 5.06. The van der Waals surface area contributed by atoms with E-state index in [2.05, 4.69) is 50.5 Å². The summed E-state index contributed by atoms with van der Waals surface area (Å²) in [4.78, 5) is 9.95. The van der Waals surface area contributed by atoms with Gasteiger partial charge in [0.05, 0.1) is 5.92 Å². The minimum Gasteiger partial charge on any atom is -0.301 e. The molecule has 0 spiro atoms. The number of likely N-dealkylation sites (tertiary alicyclic amines) is 2. The molecule has 2 rings (SSSR count). The van der Waals surface area contributed by atoms with Crippen LogP contribution < -0.4 is 0 Å². The van der Waals surface area contributed by atoms with Crippen molar-refractivity contribution in [1.82, 2.24) is 9.80 Å². The molecule has 21 heavy (non-hydrogen) atoms. The smallest absolute Gasteiger partial charge is 0.301 e. The Kier molecular flexibility index (Phi) is 5.68. The number of hydrogen-bond acceptors (Lipinski definition) is 2. The molecule has 0 aromatic carbocycles. The van der Waals surface area contributed by atoms with Crippen LogP contribution in [0.5, 0.6) is 0 Å². The molecule has 2 aliphatic heterocycles. The van der Waals surface area contributed by atoms with Gasteiger partial charge in [-0.2, -0.15) is 0 Å². The van der Waals surface area contributed by atoms with Gasteiger partial charge in [0, 0.05) is 33.0 Å². The quantitative estimate of drug-likeness (QED) is 0.764. The third-order valence-corrected chi connectivity index (χ3v) is 5.34. The molecule has 2 saturated heterocycles. The maximum absolute atomic E-state index is 4.86. The van der Waals surface area contributed by atoms with Crippen LogP contribution in [0.15, 0.2) is 0 Å². The molecule has 3 nitrogen and oxygen atoms in total. The zero-order valence-corrected chi connectivity index (χ0v) is 14.7. The van der Waals surface area contributed by atoms with Crippen LogP contribution in [0.25, 0.3) is 4.85 Å². The van der Waals surface area contributed by atoms with Gasteiger partial charge in [-0.15, -0.1) is 0 Å². The van der Waals surface area contributed by atoms with Crippen molar-refractivity contribution >= 4 is 0 Å². The van der Waals surface area contributed by atoms with Crippen molar-refractivity contribution < 1.29 is 0 Å². The number of rotatable bonds is 2. The van der Waals surface area contributed by atoms with E-state index >= 15 is 0 Å². The standard InChI is InChI=1S/C18H34N3/c1-15(2)20-10-8-17(9-11-20)14-19-18(4,5)21-12-6-16(3)7-13-21/h15-17H,6-13H2,1-5H3/q+1. The average molecular weight is 292 g/mol. The highest BCUT2D eigenvalue weighted by atomic mass is 15.3. The molecule has 2 aliphatic rings. The molecule has 2 fully saturated rings. The van der Waals surface area contributed by atoms with E-state index in [-0.39, 0.29) is 5.66 Å². The molecule has 0 aromatic heterocycles. The van der Waals surface area contributed by atoms with E-state index in [0.717, 1.165) is 5.92 Å². The van der Waals surface area contributed by atoms with Gasteiger partial charge >= 0.3 is 5.66 Å². The summed E-state index contributed by atoms with van der Waals surface area (Å²) in [7, 11) is 0. The topological polar surface area (TPSA) is 10.8 Å². The first-order valence-corrected chi connectivity index (χ1v) is 8.85. The van der Waals surface area contributed by atoms with Crippen LogP contribution in [0.1, 0.15) is 60.3 Å². The van der Waals surface area contributed by atoms with Gasteiger partial charge in [-0.05, 0) is 58.5 Å². The number of nitrogens with zero attached hydrogens (tertiary/aromatic N) is 3. The minimum absolute atomic E-state index is 0.0741. The predicted molar refractivity (Wildman–Crippen MR) is 90.7 cm³/mol. The maximum atomic E-state index is 4.86. The SMILES string of the molecule is CC1CCN(C(C)(C)[N+]#CC2CCN(C(C)C)CC2)CC1. The lowest BCUT2D eigenvalue weighted by molar-refractivity contribution is 0.109. The lowest BCUT2D eigenvalue weighted by Gasteiger charge is -2.33. The molecule has 0 amide bonds. The Labute approximate surface area is 131 Å². The Hall–Kier alpha value is -0.590. The van der Waals surface area contributed by atoms with Crippen LogP contribution in [0.2, 0.25) is 0 Å². The summed E-state index contributed by atoms with van der Waals surface area (Å²) < 4.78 is 0. The Morgan fingerprint density at radius 3 is 2.10 bits per heavy atom. The van der Waals surface area contributed by atoms with Crippen molar-refractivity contribution in [3.05, 3.63) is 4.85 Å². The van der Waals surface area contributed by atoms with Crippen molar-refractivity contribution in [1.29, 1.82) is 0 Å². The van der Waals surface area contributed by atoms with Gasteiger partial charge in [0.15, 0.2) is 0 Å². The van der Waals surface area contributed by atoms with E-state index in [0.29, 0.717) is 12.0 Å². The molecule has 0 radical (unpaired) electrons. The fourth-order valence-electron chi connectivity index (χ4n) is 3.42. The molecule has 0 N–H and O–H groups in total. The highest BCUT2D eigenvalue weighted by Crippen LogP contribution is 2.26. The van der Waals surface area contributed by atoms with E-state index in [9.17, 15) is 0 Å². The van der Waals surface area contributed by atoms with Crippen molar-refractivity contribution in [2.45, 2.75) is 72.0 Å². The molecular formula is C18H34N3+. The lowest BCUT2D eigenvalue weighted by atomic mass is 9.96. The zero-order valence-electron chi connectivity index (χ0n) is 14.7. The van der Waals surface area contributed by atoms with E-state index in [1.807, 2.05) is 0 Å². The van der Waals surface area contributed by atoms with Crippen molar-refractivity contribution in [2.75, 3.05) is 26.2 Å². The van der Waals surface area contributed by atoms with Gasteiger partial charge in [-0.1, -0.05) is 11.8 Å². The molecule has 0 aliphatic carbocycles. The predicted octanol–water partition coefficient (Wildman–Crippen LogP) is 3.91. The Morgan fingerprint density at radius 1 is 1.00 bits per heavy atom. The molecule has 0 bridgehead atoms. The summed E-state index contributed by atoms with van der Waals surface area (Å²) in [6.45, 7) is 16.2. The molecule has 0 aromatic rings. The fourth-order valence-corrected chi connectivity index (χ4v) is 3.42. The van der Waals surface area contributed by atoms with Gasteiger partial charge in [-0.3, -0.25) is 0 Å². The first-order valence-electron chi connectivity index (χ1n) is 8.85. The van der Waals surface area contributed by atoms with Crippen LogP contribution in [-0.4, -0.2) is 47.7 Å². The van der Waals surface area contributed by atoms with E-state index in [1.54, 1.807) is 0 Å². The van der Waals surface area contributed by atoms with Gasteiger partial charge in [0.1, 0.15) is 0 Å². The van der Waals surface area contributed by atoms with Gasteiger partial charge in [-0.25, -0.2) is 4.90 Å². The molecule has 3 heteroatoms. The fraction of sp³-hybridized carbons (Fsp3) is 0.944. The highest BCUT2D eigenvalue weighted by molar-refractivity contribution is 5.04. The first kappa shape index (κ1) is 16.8. The summed E-state index contributed by atoms with van der Waals surface area (Å²) in [5, 5.41) is 0. The van der Waals surface area contributed by atoms with Crippen molar-refractivity contribution in [2.24, 2.45) is 11.8 Å². The average Bonchev–Trinajstić information content (AvgIpc) is 2.46. The first-order chi connectivity index (χ1) is 9.88.